The summed E-state index contributed by atoms with van der Waals surface area (Å²) in [5.41, 5.74) is 1.30. The summed E-state index contributed by atoms with van der Waals surface area (Å²) in [6.45, 7) is 7.92. The molecule has 0 bridgehead atoms. The number of rotatable bonds is 8. The standard InChI is InChI=1S/C15H24O3/c1-13(7-6-12-18-17)9-11-15(3,4)10-5-8-14(2)16/h5,9-10,12H,6-8,11H2,1-4H3/b10-5+,13-9+. The minimum Gasteiger partial charge on any atom is -0.463 e. The summed E-state index contributed by atoms with van der Waals surface area (Å²) >= 11 is 0. The number of allylic oxidation sites excluding steroid dienone is 4. The van der Waals surface area contributed by atoms with E-state index in [9.17, 15) is 10.1 Å². The zero-order chi connectivity index (χ0) is 14.0. The van der Waals surface area contributed by atoms with E-state index in [1.165, 1.54) is 11.9 Å². The third-order valence-corrected chi connectivity index (χ3v) is 2.68. The topological polar surface area (TPSA) is 51.4 Å². The Kier molecular flexibility index (Phi) is 8.01. The van der Waals surface area contributed by atoms with Gasteiger partial charge >= 0.3 is 6.29 Å². The summed E-state index contributed by atoms with van der Waals surface area (Å²) in [4.78, 5) is 10.8. The Morgan fingerprint density at radius 1 is 1.33 bits per heavy atom. The highest BCUT2D eigenvalue weighted by molar-refractivity contribution is 5.76. The number of ketones is 1. The molecule has 0 aromatic rings. The van der Waals surface area contributed by atoms with Crippen molar-refractivity contribution in [2.45, 2.75) is 53.4 Å². The van der Waals surface area contributed by atoms with Crippen molar-refractivity contribution in [3.05, 3.63) is 23.8 Å². The van der Waals surface area contributed by atoms with Crippen molar-refractivity contribution in [1.82, 2.24) is 0 Å². The largest absolute Gasteiger partial charge is 0.463 e. The lowest BCUT2D eigenvalue weighted by atomic mass is 9.87. The Hall–Kier alpha value is -1.38. The Morgan fingerprint density at radius 2 is 2.00 bits per heavy atom. The molecule has 0 aliphatic carbocycles. The molecular weight excluding hydrogens is 228 g/mol. The highest BCUT2D eigenvalue weighted by Crippen LogP contribution is 2.24. The maximum Gasteiger partial charge on any atom is 0.318 e. The van der Waals surface area contributed by atoms with Gasteiger partial charge in [-0.25, -0.2) is 0 Å². The molecule has 0 saturated carbocycles. The molecule has 0 fully saturated rings. The Bertz CT molecular complexity index is 336. The third-order valence-electron chi connectivity index (χ3n) is 2.68. The van der Waals surface area contributed by atoms with Gasteiger partial charge in [0, 0.05) is 6.42 Å². The average Bonchev–Trinajstić information content (AvgIpc) is 2.26. The van der Waals surface area contributed by atoms with Crippen LogP contribution in [0, 0.1) is 5.41 Å². The smallest absolute Gasteiger partial charge is 0.318 e. The van der Waals surface area contributed by atoms with Gasteiger partial charge in [0.15, 0.2) is 0 Å². The normalized spacial score (nSPS) is 13.7. The van der Waals surface area contributed by atoms with Crippen molar-refractivity contribution in [2.24, 2.45) is 5.41 Å². The lowest BCUT2D eigenvalue weighted by molar-refractivity contribution is -1.04. The maximum absolute atomic E-state index is 10.8. The first kappa shape index (κ1) is 16.6. The summed E-state index contributed by atoms with van der Waals surface area (Å²) in [6, 6.07) is 0. The fraction of sp³-hybridized carbons (Fsp3) is 0.600. The van der Waals surface area contributed by atoms with Crippen molar-refractivity contribution in [1.29, 1.82) is 0 Å². The lowest BCUT2D eigenvalue weighted by Gasteiger charge is -2.18. The molecule has 0 aromatic carbocycles. The zero-order valence-electron chi connectivity index (χ0n) is 11.9. The van der Waals surface area contributed by atoms with Crippen molar-refractivity contribution in [2.75, 3.05) is 0 Å². The fourth-order valence-corrected chi connectivity index (χ4v) is 1.49. The Labute approximate surface area is 110 Å². The maximum atomic E-state index is 10.8. The molecule has 0 aromatic heterocycles. The van der Waals surface area contributed by atoms with E-state index in [4.69, 9.17) is 0 Å². The lowest BCUT2D eigenvalue weighted by Crippen LogP contribution is -2.06. The monoisotopic (exact) mass is 252 g/mol. The van der Waals surface area contributed by atoms with Gasteiger partial charge < -0.3 is 5.26 Å². The van der Waals surface area contributed by atoms with Gasteiger partial charge in [-0.2, -0.15) is 4.58 Å². The second kappa shape index (κ2) is 8.67. The van der Waals surface area contributed by atoms with Gasteiger partial charge in [0.1, 0.15) is 5.78 Å². The molecule has 0 heterocycles. The van der Waals surface area contributed by atoms with E-state index < -0.39 is 0 Å². The van der Waals surface area contributed by atoms with Gasteiger partial charge in [0.05, 0.1) is 6.42 Å². The third kappa shape index (κ3) is 9.82. The van der Waals surface area contributed by atoms with Crippen molar-refractivity contribution < 1.29 is 14.6 Å². The van der Waals surface area contributed by atoms with Crippen LogP contribution in [0.2, 0.25) is 0 Å². The van der Waals surface area contributed by atoms with Gasteiger partial charge in [-0.15, -0.1) is 0 Å². The van der Waals surface area contributed by atoms with Gasteiger partial charge in [-0.3, -0.25) is 4.79 Å². The molecule has 0 amide bonds. The van der Waals surface area contributed by atoms with Crippen LogP contribution in [0.3, 0.4) is 0 Å². The first-order valence-corrected chi connectivity index (χ1v) is 6.30. The van der Waals surface area contributed by atoms with Crippen LogP contribution in [-0.4, -0.2) is 12.1 Å². The molecule has 3 heteroatoms. The van der Waals surface area contributed by atoms with E-state index in [2.05, 4.69) is 30.6 Å². The van der Waals surface area contributed by atoms with Gasteiger partial charge in [-0.05, 0) is 32.1 Å². The second-order valence-electron chi connectivity index (χ2n) is 5.35. The summed E-state index contributed by atoms with van der Waals surface area (Å²) in [5.74, 6) is 0.182. The minimum absolute atomic E-state index is 0.0510. The highest BCUT2D eigenvalue weighted by Gasteiger charge is 2.11. The Morgan fingerprint density at radius 3 is 2.56 bits per heavy atom. The van der Waals surface area contributed by atoms with Gasteiger partial charge in [0.2, 0.25) is 0 Å². The van der Waals surface area contributed by atoms with E-state index in [1.807, 2.05) is 13.0 Å². The predicted octanol–water partition coefficient (Wildman–Crippen LogP) is 2.67. The summed E-state index contributed by atoms with van der Waals surface area (Å²) < 4.78 is 3.67. The van der Waals surface area contributed by atoms with Crippen LogP contribution in [0.5, 0.6) is 0 Å². The molecule has 0 rings (SSSR count). The van der Waals surface area contributed by atoms with Crippen LogP contribution >= 0.6 is 0 Å². The van der Waals surface area contributed by atoms with Crippen LogP contribution in [0.4, 0.5) is 0 Å². The van der Waals surface area contributed by atoms with Crippen LogP contribution in [-0.2, 0) is 9.37 Å². The highest BCUT2D eigenvalue weighted by atomic mass is 17.1. The fourth-order valence-electron chi connectivity index (χ4n) is 1.49. The molecule has 18 heavy (non-hydrogen) atoms. The van der Waals surface area contributed by atoms with E-state index in [1.54, 1.807) is 6.92 Å². The minimum atomic E-state index is 0.0510. The molecular formula is C15H24O3. The molecule has 3 nitrogen and oxygen atoms in total. The van der Waals surface area contributed by atoms with Crippen molar-refractivity contribution in [3.8, 4) is 0 Å². The molecule has 102 valence electrons. The predicted molar refractivity (Wildman–Crippen MR) is 71.9 cm³/mol. The van der Waals surface area contributed by atoms with E-state index in [-0.39, 0.29) is 11.2 Å². The molecule has 0 aliphatic heterocycles. The first-order chi connectivity index (χ1) is 8.37. The van der Waals surface area contributed by atoms with Crippen molar-refractivity contribution in [3.63, 3.8) is 0 Å². The summed E-state index contributed by atoms with van der Waals surface area (Å²) in [6.07, 6.45) is 10.4. The zero-order valence-corrected chi connectivity index (χ0v) is 11.9. The number of hydrogen-bond acceptors (Lipinski definition) is 2. The van der Waals surface area contributed by atoms with Crippen LogP contribution < -0.4 is 5.26 Å². The quantitative estimate of drug-likeness (QED) is 0.219. The number of aldehydes is 1. The second-order valence-corrected chi connectivity index (χ2v) is 5.35. The number of carbonyl (C=O) groups is 1. The van der Waals surface area contributed by atoms with Crippen LogP contribution in [0.15, 0.2) is 23.8 Å². The van der Waals surface area contributed by atoms with E-state index >= 15 is 0 Å². The SMILES string of the molecule is CC(=O)C/C=C/C(C)(C)C/C=C(\C)CCC=[O+][O-]. The van der Waals surface area contributed by atoms with E-state index in [0.717, 1.165) is 12.8 Å². The average molecular weight is 252 g/mol. The number of hydrogen-bond donors (Lipinski definition) is 0. The van der Waals surface area contributed by atoms with E-state index in [0.29, 0.717) is 12.8 Å². The first-order valence-electron chi connectivity index (χ1n) is 6.30. The molecule has 0 N–H and O–H groups in total. The van der Waals surface area contributed by atoms with Crippen molar-refractivity contribution >= 4 is 12.1 Å². The molecule has 0 spiro atoms. The number of Topliss-reactive ketones (excluding diaryl/α,β-unsaturated/α-hetero) is 1. The molecule has 0 unspecified atom stereocenters. The molecule has 0 atom stereocenters. The summed E-state index contributed by atoms with van der Waals surface area (Å²) in [7, 11) is 0. The number of carbonyl (C=O) groups excluding carboxylic acids is 2. The summed E-state index contributed by atoms with van der Waals surface area (Å²) in [5, 5.41) is 9.79. The molecule has 0 radical (unpaired) electrons. The molecule has 0 saturated heterocycles. The van der Waals surface area contributed by atoms with Gasteiger partial charge in [-0.1, -0.05) is 37.6 Å². The Balaban J connectivity index is 4.18. The van der Waals surface area contributed by atoms with Crippen LogP contribution in [0.25, 0.3) is 0 Å². The van der Waals surface area contributed by atoms with Crippen LogP contribution in [0.1, 0.15) is 53.4 Å². The van der Waals surface area contributed by atoms with Gasteiger partial charge in [0.25, 0.3) is 0 Å². The molecule has 0 aliphatic rings.